The van der Waals surface area contributed by atoms with Gasteiger partial charge in [-0.15, -0.1) is 0 Å². The van der Waals surface area contributed by atoms with Gasteiger partial charge in [0.25, 0.3) is 0 Å². The maximum atomic E-state index is 11.7. The van der Waals surface area contributed by atoms with Gasteiger partial charge in [0.1, 0.15) is 0 Å². The Kier molecular flexibility index (Phi) is 8.36. The fourth-order valence-corrected chi connectivity index (χ4v) is 2.40. The van der Waals surface area contributed by atoms with E-state index in [9.17, 15) is 14.7 Å². The van der Waals surface area contributed by atoms with Crippen LogP contribution >= 0.6 is 0 Å². The van der Waals surface area contributed by atoms with E-state index < -0.39 is 11.4 Å². The summed E-state index contributed by atoms with van der Waals surface area (Å²) in [5, 5.41) is 27.3. The van der Waals surface area contributed by atoms with Crippen molar-refractivity contribution >= 4 is 5.97 Å². The van der Waals surface area contributed by atoms with Crippen LogP contribution in [0, 0.1) is 0 Å². The SMILES string of the molecule is CCN(CCO)Cc1cc(=O)c(O)cn1CCCCCC(=O)O. The van der Waals surface area contributed by atoms with E-state index in [4.69, 9.17) is 10.2 Å². The highest BCUT2D eigenvalue weighted by atomic mass is 16.4. The molecule has 1 heterocycles. The van der Waals surface area contributed by atoms with Crippen LogP contribution in [-0.2, 0) is 17.9 Å². The van der Waals surface area contributed by atoms with E-state index >= 15 is 0 Å². The van der Waals surface area contributed by atoms with Crippen LogP contribution in [0.4, 0.5) is 0 Å². The van der Waals surface area contributed by atoms with Crippen LogP contribution in [0.25, 0.3) is 0 Å². The summed E-state index contributed by atoms with van der Waals surface area (Å²) in [6.07, 6.45) is 3.74. The van der Waals surface area contributed by atoms with Crippen LogP contribution in [0.1, 0.15) is 38.3 Å². The van der Waals surface area contributed by atoms with Crippen molar-refractivity contribution in [3.63, 3.8) is 0 Å². The predicted molar refractivity (Wildman–Crippen MR) is 86.5 cm³/mol. The summed E-state index contributed by atoms with van der Waals surface area (Å²) < 4.78 is 1.83. The van der Waals surface area contributed by atoms with Crippen LogP contribution in [0.15, 0.2) is 17.1 Å². The number of aliphatic hydroxyl groups is 1. The first-order valence-corrected chi connectivity index (χ1v) is 7.95. The molecule has 0 saturated heterocycles. The van der Waals surface area contributed by atoms with Gasteiger partial charge < -0.3 is 19.9 Å². The van der Waals surface area contributed by atoms with Gasteiger partial charge in [-0.2, -0.15) is 0 Å². The first-order chi connectivity index (χ1) is 11.0. The minimum atomic E-state index is -0.797. The smallest absolute Gasteiger partial charge is 0.303 e. The molecule has 130 valence electrons. The molecule has 0 unspecified atom stereocenters. The Bertz CT molecular complexity index is 556. The van der Waals surface area contributed by atoms with Gasteiger partial charge in [0.05, 0.1) is 12.8 Å². The fourth-order valence-electron chi connectivity index (χ4n) is 2.40. The number of aromatic hydroxyl groups is 1. The van der Waals surface area contributed by atoms with Gasteiger partial charge >= 0.3 is 5.97 Å². The van der Waals surface area contributed by atoms with E-state index in [1.54, 1.807) is 0 Å². The standard InChI is InChI=1S/C16H26N2O5/c1-2-17(8-9-19)11-13-10-14(20)15(21)12-18(13)7-5-3-4-6-16(22)23/h10,12,19,21H,2-9,11H2,1H3,(H,22,23). The molecule has 0 spiro atoms. The second kappa shape index (κ2) is 10.0. The average molecular weight is 326 g/mol. The summed E-state index contributed by atoms with van der Waals surface area (Å²) in [6.45, 7) is 4.41. The molecule has 7 nitrogen and oxygen atoms in total. The number of nitrogens with zero attached hydrogens (tertiary/aromatic N) is 2. The predicted octanol–water partition coefficient (Wildman–Crippen LogP) is 1.01. The normalized spacial score (nSPS) is 11.1. The van der Waals surface area contributed by atoms with Gasteiger partial charge in [0, 0.05) is 37.8 Å². The number of carbonyl (C=O) groups is 1. The van der Waals surface area contributed by atoms with E-state index in [-0.39, 0.29) is 18.8 Å². The van der Waals surface area contributed by atoms with Crippen molar-refractivity contribution in [1.82, 2.24) is 9.47 Å². The molecule has 1 aromatic rings. The molecule has 23 heavy (non-hydrogen) atoms. The van der Waals surface area contributed by atoms with Gasteiger partial charge in [-0.1, -0.05) is 13.3 Å². The Morgan fingerprint density at radius 1 is 1.30 bits per heavy atom. The zero-order valence-corrected chi connectivity index (χ0v) is 13.6. The number of carboxylic acids is 1. The number of likely N-dealkylation sites (N-methyl/N-ethyl adjacent to an activating group) is 1. The van der Waals surface area contributed by atoms with E-state index in [0.29, 0.717) is 26.1 Å². The fraction of sp³-hybridized carbons (Fsp3) is 0.625. The third-order valence-corrected chi connectivity index (χ3v) is 3.74. The van der Waals surface area contributed by atoms with Crippen LogP contribution in [0.2, 0.25) is 0 Å². The Hall–Kier alpha value is -1.86. The molecule has 1 aromatic heterocycles. The number of hydrogen-bond acceptors (Lipinski definition) is 5. The van der Waals surface area contributed by atoms with Gasteiger partial charge in [0.15, 0.2) is 5.75 Å². The number of hydrogen-bond donors (Lipinski definition) is 3. The molecular formula is C16H26N2O5. The molecule has 0 amide bonds. The quantitative estimate of drug-likeness (QED) is 0.525. The van der Waals surface area contributed by atoms with Crippen molar-refractivity contribution in [2.75, 3.05) is 19.7 Å². The third-order valence-electron chi connectivity index (χ3n) is 3.74. The minimum absolute atomic E-state index is 0.0470. The number of rotatable bonds is 11. The van der Waals surface area contributed by atoms with Crippen LogP contribution in [-0.4, -0.2) is 50.5 Å². The van der Waals surface area contributed by atoms with E-state index in [2.05, 4.69) is 0 Å². The maximum absolute atomic E-state index is 11.7. The number of unbranched alkanes of at least 4 members (excludes halogenated alkanes) is 2. The minimum Gasteiger partial charge on any atom is -0.503 e. The lowest BCUT2D eigenvalue weighted by Gasteiger charge is -2.22. The van der Waals surface area contributed by atoms with Crippen molar-refractivity contribution < 1.29 is 20.1 Å². The highest BCUT2D eigenvalue weighted by molar-refractivity contribution is 5.66. The second-order valence-electron chi connectivity index (χ2n) is 5.50. The van der Waals surface area contributed by atoms with Gasteiger partial charge in [0.2, 0.25) is 5.43 Å². The molecule has 0 radical (unpaired) electrons. The van der Waals surface area contributed by atoms with Crippen molar-refractivity contribution in [2.45, 2.75) is 45.7 Å². The topological polar surface area (TPSA) is 103 Å². The largest absolute Gasteiger partial charge is 0.503 e. The first kappa shape index (κ1) is 19.2. The lowest BCUT2D eigenvalue weighted by Crippen LogP contribution is -2.28. The Labute approximate surface area is 135 Å². The molecule has 0 saturated carbocycles. The lowest BCUT2D eigenvalue weighted by atomic mass is 10.2. The lowest BCUT2D eigenvalue weighted by molar-refractivity contribution is -0.137. The van der Waals surface area contributed by atoms with Crippen molar-refractivity contribution in [2.24, 2.45) is 0 Å². The molecular weight excluding hydrogens is 300 g/mol. The molecule has 0 bridgehead atoms. The summed E-state index contributed by atoms with van der Waals surface area (Å²) in [4.78, 5) is 24.2. The summed E-state index contributed by atoms with van der Waals surface area (Å²) in [6, 6.07) is 1.42. The molecule has 0 atom stereocenters. The number of aromatic nitrogens is 1. The maximum Gasteiger partial charge on any atom is 0.303 e. The molecule has 0 aliphatic rings. The van der Waals surface area contributed by atoms with E-state index in [1.807, 2.05) is 16.4 Å². The Morgan fingerprint density at radius 2 is 2.04 bits per heavy atom. The zero-order chi connectivity index (χ0) is 17.2. The first-order valence-electron chi connectivity index (χ1n) is 7.95. The van der Waals surface area contributed by atoms with Gasteiger partial charge in [-0.3, -0.25) is 14.5 Å². The molecule has 0 fully saturated rings. The van der Waals surface area contributed by atoms with Crippen LogP contribution in [0.5, 0.6) is 5.75 Å². The molecule has 1 rings (SSSR count). The number of aryl methyl sites for hydroxylation is 1. The van der Waals surface area contributed by atoms with E-state index in [0.717, 1.165) is 25.1 Å². The highest BCUT2D eigenvalue weighted by Gasteiger charge is 2.10. The van der Waals surface area contributed by atoms with E-state index in [1.165, 1.54) is 12.3 Å². The summed E-state index contributed by atoms with van der Waals surface area (Å²) in [5.41, 5.74) is 0.364. The molecule has 0 aliphatic carbocycles. The summed E-state index contributed by atoms with van der Waals surface area (Å²) in [7, 11) is 0. The van der Waals surface area contributed by atoms with Crippen molar-refractivity contribution in [1.29, 1.82) is 0 Å². The van der Waals surface area contributed by atoms with Crippen LogP contribution in [0.3, 0.4) is 0 Å². The molecule has 3 N–H and O–H groups in total. The monoisotopic (exact) mass is 326 g/mol. The average Bonchev–Trinajstić information content (AvgIpc) is 2.50. The highest BCUT2D eigenvalue weighted by Crippen LogP contribution is 2.11. The zero-order valence-electron chi connectivity index (χ0n) is 13.6. The molecule has 0 aliphatic heterocycles. The summed E-state index contributed by atoms with van der Waals surface area (Å²) >= 11 is 0. The molecule has 0 aromatic carbocycles. The number of aliphatic carboxylic acids is 1. The summed E-state index contributed by atoms with van der Waals surface area (Å²) in [5.74, 6) is -1.08. The molecule has 7 heteroatoms. The third kappa shape index (κ3) is 6.83. The van der Waals surface area contributed by atoms with Gasteiger partial charge in [-0.05, 0) is 19.4 Å². The Morgan fingerprint density at radius 3 is 2.65 bits per heavy atom. The number of carboxylic acid groups (broad SMARTS) is 1. The van der Waals surface area contributed by atoms with Crippen molar-refractivity contribution in [3.05, 3.63) is 28.2 Å². The van der Waals surface area contributed by atoms with Gasteiger partial charge in [-0.25, -0.2) is 0 Å². The van der Waals surface area contributed by atoms with Crippen LogP contribution < -0.4 is 5.43 Å². The second-order valence-corrected chi connectivity index (χ2v) is 5.50. The van der Waals surface area contributed by atoms with Crippen molar-refractivity contribution in [3.8, 4) is 5.75 Å². The number of aliphatic hydroxyl groups excluding tert-OH is 1. The number of pyridine rings is 1. The Balaban J connectivity index is 2.73.